The Hall–Kier alpha value is -4.95. The Bertz CT molecular complexity index is 1520. The summed E-state index contributed by atoms with van der Waals surface area (Å²) in [6.07, 6.45) is 3.08. The SMILES string of the molecule is N#C/C=C1\CCCN(C(=O)c2ccc(NC(=O)c3ccccc3-c3ccccc3)cc2)c2ccccc21. The smallest absolute Gasteiger partial charge is 0.258 e. The first-order valence-corrected chi connectivity index (χ1v) is 12.2. The van der Waals surface area contributed by atoms with Crippen LogP contribution >= 0.6 is 0 Å². The number of amides is 2. The van der Waals surface area contributed by atoms with Crippen LogP contribution in [-0.2, 0) is 0 Å². The summed E-state index contributed by atoms with van der Waals surface area (Å²) in [5.74, 6) is -0.324. The number of para-hydroxylation sites is 1. The molecule has 180 valence electrons. The van der Waals surface area contributed by atoms with Crippen LogP contribution in [0.5, 0.6) is 0 Å². The molecule has 0 unspecified atom stereocenters. The molecule has 37 heavy (non-hydrogen) atoms. The lowest BCUT2D eigenvalue weighted by Crippen LogP contribution is -2.31. The van der Waals surface area contributed by atoms with Crippen molar-refractivity contribution < 1.29 is 9.59 Å². The quantitative estimate of drug-likeness (QED) is 0.319. The molecule has 0 fully saturated rings. The summed E-state index contributed by atoms with van der Waals surface area (Å²) < 4.78 is 0. The maximum Gasteiger partial charge on any atom is 0.258 e. The van der Waals surface area contributed by atoms with Gasteiger partial charge in [0.15, 0.2) is 0 Å². The molecular weight excluding hydrogens is 458 g/mol. The molecule has 0 spiro atoms. The van der Waals surface area contributed by atoms with Crippen LogP contribution in [0.25, 0.3) is 16.7 Å². The summed E-state index contributed by atoms with van der Waals surface area (Å²) in [4.78, 5) is 28.4. The van der Waals surface area contributed by atoms with Crippen molar-refractivity contribution in [2.24, 2.45) is 0 Å². The van der Waals surface area contributed by atoms with Crippen LogP contribution in [-0.4, -0.2) is 18.4 Å². The lowest BCUT2D eigenvalue weighted by atomic mass is 9.99. The third kappa shape index (κ3) is 5.05. The number of fused-ring (bicyclic) bond motifs is 1. The molecule has 4 aromatic rings. The van der Waals surface area contributed by atoms with Gasteiger partial charge < -0.3 is 10.2 Å². The Morgan fingerprint density at radius 2 is 1.49 bits per heavy atom. The molecule has 0 aromatic heterocycles. The third-order valence-corrected chi connectivity index (χ3v) is 6.50. The van der Waals surface area contributed by atoms with Crippen molar-refractivity contribution in [2.45, 2.75) is 12.8 Å². The van der Waals surface area contributed by atoms with E-state index in [-0.39, 0.29) is 11.8 Å². The van der Waals surface area contributed by atoms with Crippen molar-refractivity contribution in [3.05, 3.63) is 126 Å². The minimum absolute atomic E-state index is 0.113. The topological polar surface area (TPSA) is 73.2 Å². The molecule has 5 heteroatoms. The summed E-state index contributed by atoms with van der Waals surface area (Å²) in [6, 6.07) is 34.1. The number of benzene rings is 4. The van der Waals surface area contributed by atoms with Gasteiger partial charge in [-0.15, -0.1) is 0 Å². The Kier molecular flexibility index (Phi) is 6.91. The van der Waals surface area contributed by atoms with Gasteiger partial charge in [0.2, 0.25) is 0 Å². The zero-order chi connectivity index (χ0) is 25.6. The van der Waals surface area contributed by atoms with Gasteiger partial charge in [0.1, 0.15) is 0 Å². The van der Waals surface area contributed by atoms with E-state index in [4.69, 9.17) is 0 Å². The number of nitrogens with one attached hydrogen (secondary N) is 1. The van der Waals surface area contributed by atoms with Gasteiger partial charge in [0.05, 0.1) is 11.8 Å². The van der Waals surface area contributed by atoms with Crippen LogP contribution < -0.4 is 10.2 Å². The van der Waals surface area contributed by atoms with E-state index in [0.29, 0.717) is 23.4 Å². The number of allylic oxidation sites excluding steroid dienone is 2. The van der Waals surface area contributed by atoms with E-state index >= 15 is 0 Å². The molecule has 4 aromatic carbocycles. The van der Waals surface area contributed by atoms with Gasteiger partial charge in [0, 0.05) is 35.0 Å². The van der Waals surface area contributed by atoms with E-state index in [1.807, 2.05) is 72.8 Å². The molecule has 1 aliphatic rings. The van der Waals surface area contributed by atoms with Crippen LogP contribution in [0.4, 0.5) is 11.4 Å². The summed E-state index contributed by atoms with van der Waals surface area (Å²) in [7, 11) is 0. The van der Waals surface area contributed by atoms with Gasteiger partial charge >= 0.3 is 0 Å². The Labute approximate surface area is 216 Å². The van der Waals surface area contributed by atoms with Crippen molar-refractivity contribution in [2.75, 3.05) is 16.8 Å². The molecule has 2 amide bonds. The van der Waals surface area contributed by atoms with E-state index in [1.165, 1.54) is 0 Å². The molecule has 0 radical (unpaired) electrons. The van der Waals surface area contributed by atoms with Gasteiger partial charge in [-0.25, -0.2) is 0 Å². The van der Waals surface area contributed by atoms with E-state index < -0.39 is 0 Å². The largest absolute Gasteiger partial charge is 0.322 e. The fraction of sp³-hybridized carbons (Fsp3) is 0.0938. The molecule has 0 saturated heterocycles. The molecule has 0 saturated carbocycles. The summed E-state index contributed by atoms with van der Waals surface area (Å²) in [5.41, 5.74) is 6.22. The fourth-order valence-electron chi connectivity index (χ4n) is 4.70. The third-order valence-electron chi connectivity index (χ3n) is 6.50. The van der Waals surface area contributed by atoms with Crippen molar-refractivity contribution in [3.8, 4) is 17.2 Å². The first kappa shape index (κ1) is 23.8. The minimum atomic E-state index is -0.211. The van der Waals surface area contributed by atoms with E-state index in [9.17, 15) is 14.9 Å². The molecule has 5 nitrogen and oxygen atoms in total. The van der Waals surface area contributed by atoms with E-state index in [1.54, 1.807) is 41.3 Å². The van der Waals surface area contributed by atoms with Crippen molar-refractivity contribution >= 4 is 28.8 Å². The number of carbonyl (C=O) groups is 2. The van der Waals surface area contributed by atoms with Crippen molar-refractivity contribution in [1.29, 1.82) is 5.26 Å². The van der Waals surface area contributed by atoms with Gasteiger partial charge in [-0.2, -0.15) is 5.26 Å². The first-order valence-electron chi connectivity index (χ1n) is 12.2. The minimum Gasteiger partial charge on any atom is -0.322 e. The maximum absolute atomic E-state index is 13.5. The zero-order valence-electron chi connectivity index (χ0n) is 20.2. The lowest BCUT2D eigenvalue weighted by Gasteiger charge is -2.23. The average Bonchev–Trinajstić information content (AvgIpc) is 3.13. The molecule has 0 atom stereocenters. The fourth-order valence-corrected chi connectivity index (χ4v) is 4.70. The summed E-state index contributed by atoms with van der Waals surface area (Å²) >= 11 is 0. The number of nitriles is 1. The Morgan fingerprint density at radius 3 is 2.24 bits per heavy atom. The van der Waals surface area contributed by atoms with Crippen molar-refractivity contribution in [1.82, 2.24) is 0 Å². The predicted molar refractivity (Wildman–Crippen MR) is 147 cm³/mol. The standard InChI is InChI=1S/C32H25N3O2/c33-21-20-24-11-8-22-35(30-15-7-6-13-28(24)30)32(37)25-16-18-26(19-17-25)34-31(36)29-14-5-4-12-27(29)23-9-2-1-3-10-23/h1-7,9-10,12-20H,8,11,22H2,(H,34,36)/b24-20+. The number of hydrogen-bond acceptors (Lipinski definition) is 3. The predicted octanol–water partition coefficient (Wildman–Crippen LogP) is 6.95. The number of hydrogen-bond donors (Lipinski definition) is 1. The van der Waals surface area contributed by atoms with E-state index in [0.717, 1.165) is 40.8 Å². The van der Waals surface area contributed by atoms with Crippen LogP contribution in [0.2, 0.25) is 0 Å². The highest BCUT2D eigenvalue weighted by atomic mass is 16.2. The molecule has 0 bridgehead atoms. The molecular formula is C32H25N3O2. The molecule has 1 aliphatic heterocycles. The highest BCUT2D eigenvalue weighted by Crippen LogP contribution is 2.34. The number of rotatable bonds is 4. The highest BCUT2D eigenvalue weighted by Gasteiger charge is 2.24. The zero-order valence-corrected chi connectivity index (χ0v) is 20.2. The molecule has 5 rings (SSSR count). The lowest BCUT2D eigenvalue weighted by molar-refractivity contribution is 0.0985. The summed E-state index contributed by atoms with van der Waals surface area (Å²) in [5, 5.41) is 12.1. The number of carbonyl (C=O) groups excluding carboxylic acids is 2. The van der Waals surface area contributed by atoms with Crippen LogP contribution in [0.3, 0.4) is 0 Å². The molecule has 0 aliphatic carbocycles. The Morgan fingerprint density at radius 1 is 0.811 bits per heavy atom. The number of anilines is 2. The second-order valence-electron chi connectivity index (χ2n) is 8.82. The first-order chi connectivity index (χ1) is 18.2. The van der Waals surface area contributed by atoms with Gasteiger partial charge in [0.25, 0.3) is 11.8 Å². The van der Waals surface area contributed by atoms with Crippen molar-refractivity contribution in [3.63, 3.8) is 0 Å². The second-order valence-corrected chi connectivity index (χ2v) is 8.82. The van der Waals surface area contributed by atoms with Gasteiger partial charge in [-0.3, -0.25) is 9.59 Å². The molecule has 1 heterocycles. The maximum atomic E-state index is 13.5. The molecule has 1 N–H and O–H groups in total. The summed E-state index contributed by atoms with van der Waals surface area (Å²) in [6.45, 7) is 0.563. The highest BCUT2D eigenvalue weighted by molar-refractivity contribution is 6.10. The monoisotopic (exact) mass is 483 g/mol. The average molecular weight is 484 g/mol. The second kappa shape index (κ2) is 10.8. The Balaban J connectivity index is 1.36. The van der Waals surface area contributed by atoms with Gasteiger partial charge in [-0.1, -0.05) is 66.7 Å². The van der Waals surface area contributed by atoms with E-state index in [2.05, 4.69) is 11.4 Å². The van der Waals surface area contributed by atoms with Gasteiger partial charge in [-0.05, 0) is 65.9 Å². The normalized spacial score (nSPS) is 13.8. The van der Waals surface area contributed by atoms with Crippen LogP contribution in [0.1, 0.15) is 39.1 Å². The number of nitrogens with zero attached hydrogens (tertiary/aromatic N) is 2. The van der Waals surface area contributed by atoms with Crippen LogP contribution in [0, 0.1) is 11.3 Å². The van der Waals surface area contributed by atoms with Crippen LogP contribution in [0.15, 0.2) is 109 Å².